The summed E-state index contributed by atoms with van der Waals surface area (Å²) >= 11 is 3.60. The van der Waals surface area contributed by atoms with E-state index in [9.17, 15) is 0 Å². The van der Waals surface area contributed by atoms with Crippen molar-refractivity contribution in [1.29, 1.82) is 0 Å². The van der Waals surface area contributed by atoms with Crippen LogP contribution in [-0.2, 0) is 19.4 Å². The SMILES string of the molecule is CCCc1nc(-c2ccccc2Br)nc2c1CNCC2. The fourth-order valence-corrected chi connectivity index (χ4v) is 3.08. The van der Waals surface area contributed by atoms with Gasteiger partial charge in [-0.05, 0) is 12.5 Å². The van der Waals surface area contributed by atoms with Crippen molar-refractivity contribution < 1.29 is 0 Å². The molecule has 0 bridgehead atoms. The molecule has 0 unspecified atom stereocenters. The average Bonchev–Trinajstić information content (AvgIpc) is 2.48. The second kappa shape index (κ2) is 6.02. The van der Waals surface area contributed by atoms with Crippen LogP contribution in [0.1, 0.15) is 30.3 Å². The van der Waals surface area contributed by atoms with Crippen LogP contribution in [0, 0.1) is 0 Å². The maximum absolute atomic E-state index is 4.83. The minimum atomic E-state index is 0.849. The Bertz CT molecular complexity index is 625. The van der Waals surface area contributed by atoms with Gasteiger partial charge in [0.2, 0.25) is 0 Å². The van der Waals surface area contributed by atoms with Gasteiger partial charge in [-0.2, -0.15) is 0 Å². The lowest BCUT2D eigenvalue weighted by Crippen LogP contribution is -2.26. The molecule has 20 heavy (non-hydrogen) atoms. The fraction of sp³-hybridized carbons (Fsp3) is 0.375. The van der Waals surface area contributed by atoms with Gasteiger partial charge in [-0.3, -0.25) is 0 Å². The molecular weight excluding hydrogens is 314 g/mol. The van der Waals surface area contributed by atoms with Crippen LogP contribution in [0.15, 0.2) is 28.7 Å². The molecule has 3 nitrogen and oxygen atoms in total. The number of rotatable bonds is 3. The first-order valence-corrected chi connectivity index (χ1v) is 7.93. The third-order valence-electron chi connectivity index (χ3n) is 3.62. The molecule has 0 amide bonds. The summed E-state index contributed by atoms with van der Waals surface area (Å²) in [7, 11) is 0. The Hall–Kier alpha value is -1.26. The molecule has 0 aliphatic carbocycles. The van der Waals surface area contributed by atoms with Crippen LogP contribution in [0.3, 0.4) is 0 Å². The third-order valence-corrected chi connectivity index (χ3v) is 4.31. The number of hydrogen-bond donors (Lipinski definition) is 1. The number of aryl methyl sites for hydroxylation is 1. The zero-order valence-electron chi connectivity index (χ0n) is 11.6. The summed E-state index contributed by atoms with van der Waals surface area (Å²) in [5, 5.41) is 3.42. The molecule has 0 spiro atoms. The maximum atomic E-state index is 4.83. The van der Waals surface area contributed by atoms with Crippen LogP contribution in [0.5, 0.6) is 0 Å². The number of nitrogens with zero attached hydrogens (tertiary/aromatic N) is 2. The Kier molecular flexibility index (Phi) is 4.13. The van der Waals surface area contributed by atoms with Crippen molar-refractivity contribution in [1.82, 2.24) is 15.3 Å². The molecular formula is C16H18BrN3. The first-order chi connectivity index (χ1) is 9.79. The van der Waals surface area contributed by atoms with Gasteiger partial charge >= 0.3 is 0 Å². The standard InChI is InChI=1S/C16H18BrN3/c1-2-5-14-12-10-18-9-8-15(12)20-16(19-14)11-6-3-4-7-13(11)17/h3-4,6-7,18H,2,5,8-10H2,1H3. The van der Waals surface area contributed by atoms with Crippen molar-refractivity contribution >= 4 is 15.9 Å². The zero-order chi connectivity index (χ0) is 13.9. The molecule has 2 heterocycles. The lowest BCUT2D eigenvalue weighted by atomic mass is 10.0. The Morgan fingerprint density at radius 1 is 1.25 bits per heavy atom. The van der Waals surface area contributed by atoms with Gasteiger partial charge in [0.15, 0.2) is 5.82 Å². The van der Waals surface area contributed by atoms with E-state index >= 15 is 0 Å². The highest BCUT2D eigenvalue weighted by Crippen LogP contribution is 2.27. The monoisotopic (exact) mass is 331 g/mol. The van der Waals surface area contributed by atoms with Crippen molar-refractivity contribution in [3.8, 4) is 11.4 Å². The lowest BCUT2D eigenvalue weighted by molar-refractivity contribution is 0.615. The highest BCUT2D eigenvalue weighted by Gasteiger charge is 2.18. The van der Waals surface area contributed by atoms with Gasteiger partial charge in [-0.25, -0.2) is 9.97 Å². The van der Waals surface area contributed by atoms with E-state index in [1.807, 2.05) is 18.2 Å². The van der Waals surface area contributed by atoms with Crippen LogP contribution in [0.2, 0.25) is 0 Å². The minimum absolute atomic E-state index is 0.849. The largest absolute Gasteiger partial charge is 0.312 e. The van der Waals surface area contributed by atoms with E-state index in [0.717, 1.165) is 48.2 Å². The van der Waals surface area contributed by atoms with Gasteiger partial charge in [0.05, 0.1) is 5.69 Å². The average molecular weight is 332 g/mol. The summed E-state index contributed by atoms with van der Waals surface area (Å²) in [6, 6.07) is 8.16. The van der Waals surface area contributed by atoms with E-state index in [2.05, 4.69) is 34.2 Å². The fourth-order valence-electron chi connectivity index (χ4n) is 2.62. The molecule has 0 atom stereocenters. The van der Waals surface area contributed by atoms with Crippen molar-refractivity contribution in [3.05, 3.63) is 45.7 Å². The van der Waals surface area contributed by atoms with Crippen LogP contribution < -0.4 is 5.32 Å². The highest BCUT2D eigenvalue weighted by molar-refractivity contribution is 9.10. The summed E-state index contributed by atoms with van der Waals surface area (Å²) < 4.78 is 1.05. The Morgan fingerprint density at radius 2 is 2.10 bits per heavy atom. The summed E-state index contributed by atoms with van der Waals surface area (Å²) in [4.78, 5) is 9.63. The Morgan fingerprint density at radius 3 is 2.90 bits per heavy atom. The van der Waals surface area contributed by atoms with Crippen LogP contribution in [-0.4, -0.2) is 16.5 Å². The maximum Gasteiger partial charge on any atom is 0.160 e. The predicted molar refractivity (Wildman–Crippen MR) is 84.6 cm³/mol. The number of benzene rings is 1. The first-order valence-electron chi connectivity index (χ1n) is 7.14. The van der Waals surface area contributed by atoms with E-state index in [1.165, 1.54) is 17.0 Å². The molecule has 1 aliphatic rings. The summed E-state index contributed by atoms with van der Waals surface area (Å²) in [5.41, 5.74) is 4.81. The van der Waals surface area contributed by atoms with Gasteiger partial charge in [-0.15, -0.1) is 0 Å². The molecule has 4 heteroatoms. The van der Waals surface area contributed by atoms with Gasteiger partial charge in [0, 0.05) is 40.8 Å². The topological polar surface area (TPSA) is 37.8 Å². The molecule has 2 aromatic rings. The number of nitrogens with one attached hydrogen (secondary N) is 1. The molecule has 0 saturated heterocycles. The molecule has 1 aliphatic heterocycles. The quantitative estimate of drug-likeness (QED) is 0.935. The highest BCUT2D eigenvalue weighted by atomic mass is 79.9. The van der Waals surface area contributed by atoms with Crippen LogP contribution in [0.25, 0.3) is 11.4 Å². The minimum Gasteiger partial charge on any atom is -0.312 e. The Balaban J connectivity index is 2.13. The van der Waals surface area contributed by atoms with Gasteiger partial charge in [0.25, 0.3) is 0 Å². The van der Waals surface area contributed by atoms with Crippen LogP contribution >= 0.6 is 15.9 Å². The van der Waals surface area contributed by atoms with E-state index in [1.54, 1.807) is 0 Å². The van der Waals surface area contributed by atoms with E-state index < -0.39 is 0 Å². The molecule has 0 fully saturated rings. The molecule has 0 radical (unpaired) electrons. The number of hydrogen-bond acceptors (Lipinski definition) is 3. The summed E-state index contributed by atoms with van der Waals surface area (Å²) in [6.45, 7) is 4.11. The van der Waals surface area contributed by atoms with Crippen LogP contribution in [0.4, 0.5) is 0 Å². The summed E-state index contributed by atoms with van der Waals surface area (Å²) in [6.07, 6.45) is 3.12. The smallest absolute Gasteiger partial charge is 0.160 e. The first kappa shape index (κ1) is 13.7. The van der Waals surface area contributed by atoms with Gasteiger partial charge in [0.1, 0.15) is 0 Å². The summed E-state index contributed by atoms with van der Waals surface area (Å²) in [5.74, 6) is 0.849. The molecule has 1 aromatic carbocycles. The number of halogens is 1. The molecule has 104 valence electrons. The van der Waals surface area contributed by atoms with E-state index in [0.29, 0.717) is 0 Å². The normalized spacial score (nSPS) is 14.1. The second-order valence-corrected chi connectivity index (χ2v) is 5.93. The molecule has 1 N–H and O–H groups in total. The zero-order valence-corrected chi connectivity index (χ0v) is 13.2. The number of fused-ring (bicyclic) bond motifs is 1. The van der Waals surface area contributed by atoms with Crippen molar-refractivity contribution in [3.63, 3.8) is 0 Å². The molecule has 1 aromatic heterocycles. The van der Waals surface area contributed by atoms with Gasteiger partial charge in [-0.1, -0.05) is 47.5 Å². The Labute approximate surface area is 128 Å². The molecule has 0 saturated carbocycles. The lowest BCUT2D eigenvalue weighted by Gasteiger charge is -2.20. The van der Waals surface area contributed by atoms with Crippen molar-refractivity contribution in [2.45, 2.75) is 32.7 Å². The second-order valence-electron chi connectivity index (χ2n) is 5.08. The van der Waals surface area contributed by atoms with E-state index in [4.69, 9.17) is 9.97 Å². The van der Waals surface area contributed by atoms with Crippen molar-refractivity contribution in [2.75, 3.05) is 6.54 Å². The molecule has 3 rings (SSSR count). The predicted octanol–water partition coefficient (Wildman–Crippen LogP) is 3.50. The number of aromatic nitrogens is 2. The van der Waals surface area contributed by atoms with Gasteiger partial charge < -0.3 is 5.32 Å². The third kappa shape index (κ3) is 2.63. The van der Waals surface area contributed by atoms with E-state index in [-0.39, 0.29) is 0 Å². The van der Waals surface area contributed by atoms with Crippen molar-refractivity contribution in [2.24, 2.45) is 0 Å².